The molecule has 0 fully saturated rings. The van der Waals surface area contributed by atoms with Crippen molar-refractivity contribution in [3.05, 3.63) is 71.2 Å². The van der Waals surface area contributed by atoms with Crippen LogP contribution in [0.1, 0.15) is 50.3 Å². The minimum Gasteiger partial charge on any atom is -0.497 e. The molecule has 0 radical (unpaired) electrons. The van der Waals surface area contributed by atoms with Crippen LogP contribution in [0.25, 0.3) is 17.0 Å². The first-order chi connectivity index (χ1) is 16.9. The van der Waals surface area contributed by atoms with Gasteiger partial charge in [-0.05, 0) is 51.8 Å². The fourth-order valence-corrected chi connectivity index (χ4v) is 4.09. The predicted molar refractivity (Wildman–Crippen MR) is 134 cm³/mol. The first-order valence-electron chi connectivity index (χ1n) is 11.8. The van der Waals surface area contributed by atoms with Crippen LogP contribution in [0.2, 0.25) is 0 Å². The van der Waals surface area contributed by atoms with E-state index in [-0.39, 0.29) is 12.1 Å². The number of benzene rings is 2. The standard InChI is InChI=1S/C27H32N4O4/c1-17(2)34-15-7-14-31-19(4)23(24(28-27(31)32)21-8-6-9-22(16-21)33-5)26-29-25(30-35-26)20-12-10-18(3)11-13-20/h6,8-13,16-17,24H,7,14-15H2,1-5H3,(H,28,32). The maximum absolute atomic E-state index is 13.1. The molecule has 1 unspecified atom stereocenters. The summed E-state index contributed by atoms with van der Waals surface area (Å²) in [7, 11) is 1.62. The van der Waals surface area contributed by atoms with Crippen molar-refractivity contribution in [1.29, 1.82) is 0 Å². The van der Waals surface area contributed by atoms with Gasteiger partial charge in [-0.15, -0.1) is 0 Å². The van der Waals surface area contributed by atoms with E-state index in [0.29, 0.717) is 37.0 Å². The lowest BCUT2D eigenvalue weighted by atomic mass is 9.94. The number of rotatable bonds is 9. The Morgan fingerprint density at radius 1 is 1.14 bits per heavy atom. The number of methoxy groups -OCH3 is 1. The van der Waals surface area contributed by atoms with Crippen LogP contribution in [0.4, 0.5) is 4.79 Å². The number of amides is 2. The van der Waals surface area contributed by atoms with E-state index in [0.717, 1.165) is 28.0 Å². The molecule has 2 amide bonds. The fourth-order valence-electron chi connectivity index (χ4n) is 4.09. The van der Waals surface area contributed by atoms with E-state index >= 15 is 0 Å². The molecular weight excluding hydrogens is 444 g/mol. The number of aromatic nitrogens is 2. The summed E-state index contributed by atoms with van der Waals surface area (Å²) in [5.41, 5.74) is 4.41. The second kappa shape index (κ2) is 10.7. The van der Waals surface area contributed by atoms with Crippen LogP contribution >= 0.6 is 0 Å². The predicted octanol–water partition coefficient (Wildman–Crippen LogP) is 5.37. The minimum atomic E-state index is -0.466. The topological polar surface area (TPSA) is 89.7 Å². The zero-order valence-corrected chi connectivity index (χ0v) is 20.9. The zero-order chi connectivity index (χ0) is 24.9. The van der Waals surface area contributed by atoms with Gasteiger partial charge in [-0.3, -0.25) is 4.90 Å². The third kappa shape index (κ3) is 5.54. The average molecular weight is 477 g/mol. The second-order valence-corrected chi connectivity index (χ2v) is 8.87. The highest BCUT2D eigenvalue weighted by molar-refractivity contribution is 5.87. The van der Waals surface area contributed by atoms with Gasteiger partial charge in [0.1, 0.15) is 5.75 Å². The van der Waals surface area contributed by atoms with Crippen molar-refractivity contribution in [1.82, 2.24) is 20.4 Å². The number of carbonyl (C=O) groups is 1. The molecule has 3 aromatic rings. The molecule has 0 aliphatic carbocycles. The SMILES string of the molecule is COc1cccc(C2NC(=O)N(CCCOC(C)C)C(C)=C2c2nc(-c3ccc(C)cc3)no2)c1. The van der Waals surface area contributed by atoms with Gasteiger partial charge in [-0.2, -0.15) is 4.98 Å². The van der Waals surface area contributed by atoms with Gasteiger partial charge < -0.3 is 19.3 Å². The van der Waals surface area contributed by atoms with E-state index < -0.39 is 6.04 Å². The number of ether oxygens (including phenoxy) is 2. The summed E-state index contributed by atoms with van der Waals surface area (Å²) in [6.45, 7) is 9.02. The van der Waals surface area contributed by atoms with E-state index in [2.05, 4.69) is 10.5 Å². The van der Waals surface area contributed by atoms with Crippen LogP contribution in [0.3, 0.4) is 0 Å². The van der Waals surface area contributed by atoms with Crippen molar-refractivity contribution in [2.24, 2.45) is 0 Å². The molecule has 2 heterocycles. The number of nitrogens with one attached hydrogen (secondary N) is 1. The Morgan fingerprint density at radius 3 is 2.63 bits per heavy atom. The van der Waals surface area contributed by atoms with Crippen molar-refractivity contribution in [2.45, 2.75) is 46.3 Å². The summed E-state index contributed by atoms with van der Waals surface area (Å²) in [5, 5.41) is 7.35. The molecule has 1 aromatic heterocycles. The van der Waals surface area contributed by atoms with Crippen LogP contribution in [0.5, 0.6) is 5.75 Å². The van der Waals surface area contributed by atoms with Gasteiger partial charge in [-0.25, -0.2) is 4.79 Å². The molecule has 184 valence electrons. The monoisotopic (exact) mass is 476 g/mol. The Morgan fingerprint density at radius 2 is 1.91 bits per heavy atom. The Kier molecular flexibility index (Phi) is 7.51. The number of carbonyl (C=O) groups excluding carboxylic acids is 1. The van der Waals surface area contributed by atoms with Crippen LogP contribution in [-0.2, 0) is 4.74 Å². The quantitative estimate of drug-likeness (QED) is 0.418. The van der Waals surface area contributed by atoms with Crippen molar-refractivity contribution >= 4 is 11.6 Å². The summed E-state index contributed by atoms with van der Waals surface area (Å²) in [6.07, 6.45) is 0.854. The average Bonchev–Trinajstić information content (AvgIpc) is 3.33. The molecule has 1 atom stereocenters. The second-order valence-electron chi connectivity index (χ2n) is 8.87. The summed E-state index contributed by atoms with van der Waals surface area (Å²) < 4.78 is 16.8. The van der Waals surface area contributed by atoms with Gasteiger partial charge >= 0.3 is 6.03 Å². The van der Waals surface area contributed by atoms with Crippen LogP contribution in [0.15, 0.2) is 58.8 Å². The largest absolute Gasteiger partial charge is 0.497 e. The lowest BCUT2D eigenvalue weighted by molar-refractivity contribution is 0.0736. The molecule has 1 aliphatic heterocycles. The van der Waals surface area contributed by atoms with Gasteiger partial charge in [0.25, 0.3) is 5.89 Å². The lowest BCUT2D eigenvalue weighted by Gasteiger charge is -2.35. The van der Waals surface area contributed by atoms with Gasteiger partial charge in [-0.1, -0.05) is 47.1 Å². The van der Waals surface area contributed by atoms with Crippen molar-refractivity contribution in [3.8, 4) is 17.1 Å². The molecule has 2 aromatic carbocycles. The molecule has 8 nitrogen and oxygen atoms in total. The Bertz CT molecular complexity index is 1200. The van der Waals surface area contributed by atoms with Crippen molar-refractivity contribution < 1.29 is 18.8 Å². The molecular formula is C27H32N4O4. The van der Waals surface area contributed by atoms with E-state index in [1.54, 1.807) is 12.0 Å². The van der Waals surface area contributed by atoms with Gasteiger partial charge in [0.15, 0.2) is 0 Å². The zero-order valence-electron chi connectivity index (χ0n) is 20.9. The number of hydrogen-bond donors (Lipinski definition) is 1. The first kappa shape index (κ1) is 24.5. The smallest absolute Gasteiger partial charge is 0.322 e. The molecule has 1 aliphatic rings. The number of aryl methyl sites for hydroxylation is 1. The first-order valence-corrected chi connectivity index (χ1v) is 11.8. The van der Waals surface area contributed by atoms with Crippen LogP contribution < -0.4 is 10.1 Å². The highest BCUT2D eigenvalue weighted by atomic mass is 16.5. The Balaban J connectivity index is 1.72. The van der Waals surface area contributed by atoms with E-state index in [1.165, 1.54) is 0 Å². The highest BCUT2D eigenvalue weighted by Gasteiger charge is 2.35. The van der Waals surface area contributed by atoms with Gasteiger partial charge in [0.05, 0.1) is 24.8 Å². The third-order valence-corrected chi connectivity index (χ3v) is 5.97. The molecule has 0 spiro atoms. The summed E-state index contributed by atoms with van der Waals surface area (Å²) in [6, 6.07) is 14.9. The maximum atomic E-state index is 13.1. The maximum Gasteiger partial charge on any atom is 0.322 e. The van der Waals surface area contributed by atoms with Crippen molar-refractivity contribution in [2.75, 3.05) is 20.3 Å². The number of urea groups is 1. The number of allylic oxidation sites excluding steroid dienone is 1. The Labute approximate surface area is 205 Å². The van der Waals surface area contributed by atoms with Crippen LogP contribution in [-0.4, -0.2) is 47.4 Å². The molecule has 0 saturated carbocycles. The molecule has 1 N–H and O–H groups in total. The number of hydrogen-bond acceptors (Lipinski definition) is 6. The third-order valence-electron chi connectivity index (χ3n) is 5.97. The lowest BCUT2D eigenvalue weighted by Crippen LogP contribution is -2.46. The van der Waals surface area contributed by atoms with Gasteiger partial charge in [0, 0.05) is 24.4 Å². The van der Waals surface area contributed by atoms with Crippen LogP contribution in [0, 0.1) is 6.92 Å². The number of nitrogens with zero attached hydrogens (tertiary/aromatic N) is 3. The highest BCUT2D eigenvalue weighted by Crippen LogP contribution is 2.38. The Hall–Kier alpha value is -3.65. The molecule has 8 heteroatoms. The van der Waals surface area contributed by atoms with E-state index in [4.69, 9.17) is 19.0 Å². The van der Waals surface area contributed by atoms with Crippen molar-refractivity contribution in [3.63, 3.8) is 0 Å². The summed E-state index contributed by atoms with van der Waals surface area (Å²) >= 11 is 0. The molecule has 0 saturated heterocycles. The van der Waals surface area contributed by atoms with E-state index in [9.17, 15) is 4.79 Å². The van der Waals surface area contributed by atoms with Gasteiger partial charge in [0.2, 0.25) is 5.82 Å². The molecule has 35 heavy (non-hydrogen) atoms. The summed E-state index contributed by atoms with van der Waals surface area (Å²) in [4.78, 5) is 19.6. The van der Waals surface area contributed by atoms with E-state index in [1.807, 2.05) is 76.2 Å². The molecule has 0 bridgehead atoms. The fraction of sp³-hybridized carbons (Fsp3) is 0.370. The summed E-state index contributed by atoms with van der Waals surface area (Å²) in [5.74, 6) is 1.57. The minimum absolute atomic E-state index is 0.147. The normalized spacial score (nSPS) is 16.1. The molecule has 4 rings (SSSR count).